The SMILES string of the molecule is Cc1nc2ccc(N=C(c3ccccc3)c3c(O)[nH]c4ccc([N+](=O)[O-])cc34)cc2[nH]1. The van der Waals surface area contributed by atoms with Crippen molar-refractivity contribution in [3.8, 4) is 5.88 Å². The van der Waals surface area contributed by atoms with Crippen molar-refractivity contribution in [1.29, 1.82) is 0 Å². The zero-order chi connectivity index (χ0) is 21.5. The molecule has 0 saturated heterocycles. The normalized spacial score (nSPS) is 12.0. The van der Waals surface area contributed by atoms with Crippen molar-refractivity contribution in [3.05, 3.63) is 93.8 Å². The molecule has 0 fully saturated rings. The van der Waals surface area contributed by atoms with Crippen molar-refractivity contribution >= 4 is 39.0 Å². The van der Waals surface area contributed by atoms with Gasteiger partial charge in [-0.2, -0.15) is 0 Å². The van der Waals surface area contributed by atoms with Crippen molar-refractivity contribution in [1.82, 2.24) is 15.0 Å². The summed E-state index contributed by atoms with van der Waals surface area (Å²) in [6.45, 7) is 1.88. The first-order valence-electron chi connectivity index (χ1n) is 9.59. The molecule has 3 aromatic carbocycles. The second kappa shape index (κ2) is 7.10. The number of fused-ring (bicyclic) bond motifs is 2. The maximum Gasteiger partial charge on any atom is 0.270 e. The highest BCUT2D eigenvalue weighted by molar-refractivity contribution is 6.22. The van der Waals surface area contributed by atoms with Gasteiger partial charge in [0.2, 0.25) is 0 Å². The topological polar surface area (TPSA) is 120 Å². The first-order valence-corrected chi connectivity index (χ1v) is 9.59. The van der Waals surface area contributed by atoms with Gasteiger partial charge < -0.3 is 15.1 Å². The van der Waals surface area contributed by atoms with Gasteiger partial charge in [-0.3, -0.25) is 10.1 Å². The summed E-state index contributed by atoms with van der Waals surface area (Å²) < 4.78 is 0. The van der Waals surface area contributed by atoms with E-state index in [0.717, 1.165) is 22.4 Å². The number of H-pyrrole nitrogens is 2. The molecule has 8 heteroatoms. The highest BCUT2D eigenvalue weighted by Crippen LogP contribution is 2.34. The number of benzene rings is 3. The van der Waals surface area contributed by atoms with Crippen LogP contribution < -0.4 is 0 Å². The Morgan fingerprint density at radius 2 is 1.84 bits per heavy atom. The van der Waals surface area contributed by atoms with Crippen molar-refractivity contribution in [2.24, 2.45) is 4.99 Å². The van der Waals surface area contributed by atoms with Crippen LogP contribution in [-0.4, -0.2) is 30.7 Å². The summed E-state index contributed by atoms with van der Waals surface area (Å²) in [5, 5.41) is 22.6. The molecule has 0 amide bonds. The third kappa shape index (κ3) is 3.29. The molecule has 8 nitrogen and oxygen atoms in total. The zero-order valence-corrected chi connectivity index (χ0v) is 16.5. The minimum atomic E-state index is -0.457. The number of imidazole rings is 1. The van der Waals surface area contributed by atoms with E-state index in [1.165, 1.54) is 12.1 Å². The first-order chi connectivity index (χ1) is 15.0. The highest BCUT2D eigenvalue weighted by atomic mass is 16.6. The van der Waals surface area contributed by atoms with E-state index in [9.17, 15) is 15.2 Å². The molecule has 0 saturated carbocycles. The van der Waals surface area contributed by atoms with Gasteiger partial charge in [0.25, 0.3) is 5.69 Å². The number of aromatic nitrogens is 3. The number of hydrogen-bond donors (Lipinski definition) is 3. The minimum Gasteiger partial charge on any atom is -0.494 e. The molecule has 2 heterocycles. The highest BCUT2D eigenvalue weighted by Gasteiger charge is 2.21. The molecule has 0 aliphatic carbocycles. The number of nitrogens with one attached hydrogen (secondary N) is 2. The summed E-state index contributed by atoms with van der Waals surface area (Å²) in [7, 11) is 0. The number of aromatic amines is 2. The third-order valence-electron chi connectivity index (χ3n) is 5.08. The molecule has 0 atom stereocenters. The lowest BCUT2D eigenvalue weighted by Crippen LogP contribution is -2.03. The second-order valence-electron chi connectivity index (χ2n) is 7.19. The molecule has 0 spiro atoms. The maximum atomic E-state index is 11.3. The predicted molar refractivity (Wildman–Crippen MR) is 119 cm³/mol. The van der Waals surface area contributed by atoms with Crippen LogP contribution in [0.1, 0.15) is 17.0 Å². The molecule has 0 unspecified atom stereocenters. The Hall–Kier alpha value is -4.46. The van der Waals surface area contributed by atoms with Crippen LogP contribution in [0.2, 0.25) is 0 Å². The van der Waals surface area contributed by atoms with Crippen molar-refractivity contribution in [2.75, 3.05) is 0 Å². The number of rotatable bonds is 4. The van der Waals surface area contributed by atoms with Crippen molar-refractivity contribution in [3.63, 3.8) is 0 Å². The van der Waals surface area contributed by atoms with Crippen LogP contribution in [0.15, 0.2) is 71.7 Å². The Labute approximate surface area is 176 Å². The molecule has 5 aromatic rings. The Morgan fingerprint density at radius 3 is 2.61 bits per heavy atom. The predicted octanol–water partition coefficient (Wildman–Crippen LogP) is 5.14. The minimum absolute atomic E-state index is 0.0606. The lowest BCUT2D eigenvalue weighted by atomic mass is 10.0. The van der Waals surface area contributed by atoms with E-state index >= 15 is 0 Å². The monoisotopic (exact) mass is 411 g/mol. The van der Waals surface area contributed by atoms with Crippen LogP contribution in [0.3, 0.4) is 0 Å². The summed E-state index contributed by atoms with van der Waals surface area (Å²) in [6.07, 6.45) is 0. The molecule has 5 rings (SSSR count). The van der Waals surface area contributed by atoms with Crippen LogP contribution in [0.4, 0.5) is 11.4 Å². The first kappa shape index (κ1) is 18.6. The number of hydrogen-bond acceptors (Lipinski definition) is 5. The van der Waals surface area contributed by atoms with Gasteiger partial charge >= 0.3 is 0 Å². The molecule has 3 N–H and O–H groups in total. The fraction of sp³-hybridized carbons (Fsp3) is 0.0435. The summed E-state index contributed by atoms with van der Waals surface area (Å²) in [6, 6.07) is 19.4. The lowest BCUT2D eigenvalue weighted by molar-refractivity contribution is -0.384. The van der Waals surface area contributed by atoms with Gasteiger partial charge in [-0.1, -0.05) is 30.3 Å². The molecule has 0 aliphatic heterocycles. The van der Waals surface area contributed by atoms with Crippen LogP contribution in [-0.2, 0) is 0 Å². The van der Waals surface area contributed by atoms with E-state index in [1.54, 1.807) is 6.07 Å². The lowest BCUT2D eigenvalue weighted by Gasteiger charge is -2.08. The number of non-ortho nitro benzene ring substituents is 1. The summed E-state index contributed by atoms with van der Waals surface area (Å²) in [4.78, 5) is 26.2. The standard InChI is InChI=1S/C23H17N5O3/c1-13-24-19-9-7-15(11-20(19)25-13)26-22(14-5-3-2-4-6-14)21-17-12-16(28(30)31)8-10-18(17)27-23(21)29/h2-12,27,29H,1H3,(H,24,25). The number of nitrogens with zero attached hydrogens (tertiary/aromatic N) is 3. The average molecular weight is 411 g/mol. The van der Waals surface area contributed by atoms with E-state index in [1.807, 2.05) is 55.5 Å². The van der Waals surface area contributed by atoms with Crippen LogP contribution >= 0.6 is 0 Å². The Balaban J connectivity index is 1.77. The van der Waals surface area contributed by atoms with Gasteiger partial charge in [0.15, 0.2) is 5.88 Å². The van der Waals surface area contributed by atoms with Gasteiger partial charge in [-0.15, -0.1) is 0 Å². The average Bonchev–Trinajstić information content (AvgIpc) is 3.29. The van der Waals surface area contributed by atoms with Crippen LogP contribution in [0.25, 0.3) is 21.9 Å². The van der Waals surface area contributed by atoms with Gasteiger partial charge in [-0.05, 0) is 31.2 Å². The number of aliphatic imine (C=N–C) groups is 1. The number of nitro benzene ring substituents is 1. The van der Waals surface area contributed by atoms with Crippen molar-refractivity contribution < 1.29 is 10.0 Å². The second-order valence-corrected chi connectivity index (χ2v) is 7.19. The Kier molecular flexibility index (Phi) is 4.25. The zero-order valence-electron chi connectivity index (χ0n) is 16.5. The molecule has 152 valence electrons. The Morgan fingerprint density at radius 1 is 1.03 bits per heavy atom. The van der Waals surface area contributed by atoms with E-state index in [4.69, 9.17) is 4.99 Å². The molecular formula is C23H17N5O3. The third-order valence-corrected chi connectivity index (χ3v) is 5.08. The number of aromatic hydroxyl groups is 1. The number of aryl methyl sites for hydroxylation is 1. The molecule has 0 aliphatic rings. The number of nitro groups is 1. The fourth-order valence-corrected chi connectivity index (χ4v) is 3.70. The summed E-state index contributed by atoms with van der Waals surface area (Å²) >= 11 is 0. The van der Waals surface area contributed by atoms with E-state index in [0.29, 0.717) is 27.9 Å². The van der Waals surface area contributed by atoms with Gasteiger partial charge in [0.1, 0.15) is 5.82 Å². The van der Waals surface area contributed by atoms with Gasteiger partial charge in [-0.25, -0.2) is 9.98 Å². The van der Waals surface area contributed by atoms with Crippen molar-refractivity contribution in [2.45, 2.75) is 6.92 Å². The summed E-state index contributed by atoms with van der Waals surface area (Å²) in [5.41, 5.74) is 4.55. The Bertz CT molecular complexity index is 1480. The molecule has 0 radical (unpaired) electrons. The molecule has 31 heavy (non-hydrogen) atoms. The molecule has 2 aromatic heterocycles. The van der Waals surface area contributed by atoms with Crippen LogP contribution in [0, 0.1) is 17.0 Å². The van der Waals surface area contributed by atoms with Gasteiger partial charge in [0, 0.05) is 28.6 Å². The van der Waals surface area contributed by atoms with E-state index in [2.05, 4.69) is 15.0 Å². The fourth-order valence-electron chi connectivity index (χ4n) is 3.70. The maximum absolute atomic E-state index is 11.3. The van der Waals surface area contributed by atoms with Gasteiger partial charge in [0.05, 0.1) is 32.9 Å². The van der Waals surface area contributed by atoms with E-state index < -0.39 is 4.92 Å². The van der Waals surface area contributed by atoms with E-state index in [-0.39, 0.29) is 11.6 Å². The smallest absolute Gasteiger partial charge is 0.270 e. The molecular weight excluding hydrogens is 394 g/mol. The largest absolute Gasteiger partial charge is 0.494 e. The quantitative estimate of drug-likeness (QED) is 0.215. The molecule has 0 bridgehead atoms. The summed E-state index contributed by atoms with van der Waals surface area (Å²) in [5.74, 6) is 0.706. The van der Waals surface area contributed by atoms with Crippen LogP contribution in [0.5, 0.6) is 5.88 Å².